The van der Waals surface area contributed by atoms with Crippen LogP contribution in [0.25, 0.3) is 11.4 Å². The maximum Gasteiger partial charge on any atom is 0.183 e. The molecule has 0 amide bonds. The minimum Gasteiger partial charge on any atom is -0.259 e. The molecule has 0 bridgehead atoms. The van der Waals surface area contributed by atoms with Crippen molar-refractivity contribution < 1.29 is 0 Å². The number of benzene rings is 1. The van der Waals surface area contributed by atoms with Crippen molar-refractivity contribution in [2.24, 2.45) is 5.84 Å². The molecule has 0 atom stereocenters. The largest absolute Gasteiger partial charge is 0.259 e. The van der Waals surface area contributed by atoms with Crippen molar-refractivity contribution in [1.82, 2.24) is 14.9 Å². The smallest absolute Gasteiger partial charge is 0.183 e. The Balaban J connectivity index is 2.52. The molecule has 2 rings (SSSR count). The van der Waals surface area contributed by atoms with Gasteiger partial charge in [-0.1, -0.05) is 30.3 Å². The van der Waals surface area contributed by atoms with Gasteiger partial charge in [0.05, 0.1) is 0 Å². The molecule has 14 heavy (non-hydrogen) atoms. The number of hydrazine groups is 1. The lowest BCUT2D eigenvalue weighted by Crippen LogP contribution is -2.23. The number of nitrogens with two attached hydrogens (primary N) is 1. The first-order valence-electron chi connectivity index (χ1n) is 4.27. The second-order valence-corrected chi connectivity index (χ2v) is 2.90. The van der Waals surface area contributed by atoms with Gasteiger partial charge >= 0.3 is 0 Å². The van der Waals surface area contributed by atoms with Crippen LogP contribution in [0.1, 0.15) is 5.82 Å². The number of rotatable bonds is 2. The molecular formula is C9H11N5. The molecule has 3 N–H and O–H groups in total. The van der Waals surface area contributed by atoms with Crippen LogP contribution in [0, 0.1) is 6.92 Å². The van der Waals surface area contributed by atoms with Crippen LogP contribution < -0.4 is 11.4 Å². The average molecular weight is 189 g/mol. The van der Waals surface area contributed by atoms with E-state index in [4.69, 9.17) is 5.84 Å². The van der Waals surface area contributed by atoms with Crippen molar-refractivity contribution in [3.63, 3.8) is 0 Å². The number of nitrogen functional groups attached to an aromatic ring is 1. The highest BCUT2D eigenvalue weighted by molar-refractivity contribution is 5.55. The van der Waals surface area contributed by atoms with Crippen LogP contribution in [0.15, 0.2) is 30.3 Å². The molecule has 0 saturated heterocycles. The molecule has 0 saturated carbocycles. The van der Waals surface area contributed by atoms with E-state index in [9.17, 15) is 0 Å². The quantitative estimate of drug-likeness (QED) is 0.538. The number of hydrogen-bond donors (Lipinski definition) is 2. The third kappa shape index (κ3) is 1.33. The number of nitrogens with zero attached hydrogens (tertiary/aromatic N) is 3. The van der Waals surface area contributed by atoms with E-state index in [2.05, 4.69) is 15.7 Å². The Morgan fingerprint density at radius 1 is 1.21 bits per heavy atom. The molecular weight excluding hydrogens is 178 g/mol. The molecule has 1 aromatic carbocycles. The second-order valence-electron chi connectivity index (χ2n) is 2.90. The van der Waals surface area contributed by atoms with Gasteiger partial charge in [0.2, 0.25) is 0 Å². The summed E-state index contributed by atoms with van der Waals surface area (Å²) >= 11 is 0. The summed E-state index contributed by atoms with van der Waals surface area (Å²) in [6.45, 7) is 1.83. The van der Waals surface area contributed by atoms with Gasteiger partial charge in [-0.25, -0.2) is 10.5 Å². The Labute approximate surface area is 81.5 Å². The third-order valence-corrected chi connectivity index (χ3v) is 1.99. The molecule has 0 aliphatic rings. The first-order valence-corrected chi connectivity index (χ1v) is 4.27. The van der Waals surface area contributed by atoms with Gasteiger partial charge in [0, 0.05) is 5.56 Å². The summed E-state index contributed by atoms with van der Waals surface area (Å²) in [6.07, 6.45) is 0. The van der Waals surface area contributed by atoms with E-state index in [-0.39, 0.29) is 0 Å². The fourth-order valence-electron chi connectivity index (χ4n) is 1.29. The lowest BCUT2D eigenvalue weighted by Gasteiger charge is -2.05. The Bertz CT molecular complexity index is 420. The predicted octanol–water partition coefficient (Wildman–Crippen LogP) is 0.671. The first kappa shape index (κ1) is 8.71. The van der Waals surface area contributed by atoms with Crippen molar-refractivity contribution in [3.05, 3.63) is 36.2 Å². The van der Waals surface area contributed by atoms with E-state index in [1.54, 1.807) is 4.68 Å². The normalized spacial score (nSPS) is 10.1. The van der Waals surface area contributed by atoms with Gasteiger partial charge in [-0.05, 0) is 6.92 Å². The zero-order chi connectivity index (χ0) is 9.97. The molecule has 72 valence electrons. The van der Waals surface area contributed by atoms with Crippen LogP contribution in [-0.2, 0) is 0 Å². The molecule has 5 nitrogen and oxygen atoms in total. The van der Waals surface area contributed by atoms with Crippen LogP contribution >= 0.6 is 0 Å². The van der Waals surface area contributed by atoms with Gasteiger partial charge in [0.15, 0.2) is 11.6 Å². The lowest BCUT2D eigenvalue weighted by molar-refractivity contribution is 0.840. The molecule has 0 spiro atoms. The molecule has 0 aliphatic carbocycles. The topological polar surface area (TPSA) is 68.8 Å². The maximum atomic E-state index is 5.37. The first-order chi connectivity index (χ1) is 6.83. The molecule has 0 aliphatic heterocycles. The van der Waals surface area contributed by atoms with Crippen LogP contribution in [0.3, 0.4) is 0 Å². The van der Waals surface area contributed by atoms with Gasteiger partial charge in [-0.2, -0.15) is 0 Å². The van der Waals surface area contributed by atoms with Gasteiger partial charge in [-0.15, -0.1) is 10.2 Å². The number of hydrogen-bond acceptors (Lipinski definition) is 4. The van der Waals surface area contributed by atoms with E-state index in [1.807, 2.05) is 37.3 Å². The van der Waals surface area contributed by atoms with Crippen molar-refractivity contribution in [3.8, 4) is 11.4 Å². The second kappa shape index (κ2) is 3.47. The van der Waals surface area contributed by atoms with Gasteiger partial charge in [-0.3, -0.25) is 5.53 Å². The fraction of sp³-hybridized carbons (Fsp3) is 0.111. The number of aryl methyl sites for hydroxylation is 1. The predicted molar refractivity (Wildman–Crippen MR) is 53.7 cm³/mol. The van der Waals surface area contributed by atoms with Crippen LogP contribution in [0.2, 0.25) is 0 Å². The summed E-state index contributed by atoms with van der Waals surface area (Å²) in [5.41, 5.74) is 3.51. The summed E-state index contributed by atoms with van der Waals surface area (Å²) in [5, 5.41) is 7.96. The van der Waals surface area contributed by atoms with Crippen LogP contribution in [0.4, 0.5) is 0 Å². The Morgan fingerprint density at radius 2 is 1.93 bits per heavy atom. The summed E-state index contributed by atoms with van der Waals surface area (Å²) in [5.74, 6) is 6.81. The van der Waals surface area contributed by atoms with E-state index >= 15 is 0 Å². The Morgan fingerprint density at radius 3 is 2.57 bits per heavy atom. The zero-order valence-corrected chi connectivity index (χ0v) is 7.81. The number of aromatic nitrogens is 3. The Hall–Kier alpha value is -1.88. The minimum absolute atomic E-state index is 0.714. The Kier molecular flexibility index (Phi) is 2.16. The van der Waals surface area contributed by atoms with Crippen LogP contribution in [0.5, 0.6) is 0 Å². The summed E-state index contributed by atoms with van der Waals surface area (Å²) in [7, 11) is 0. The van der Waals surface area contributed by atoms with Gasteiger partial charge in [0.25, 0.3) is 0 Å². The highest BCUT2D eigenvalue weighted by Crippen LogP contribution is 2.15. The van der Waals surface area contributed by atoms with E-state index in [1.165, 1.54) is 0 Å². The molecule has 1 aromatic heterocycles. The van der Waals surface area contributed by atoms with Crippen molar-refractivity contribution in [2.75, 3.05) is 5.53 Å². The zero-order valence-electron chi connectivity index (χ0n) is 7.81. The highest BCUT2D eigenvalue weighted by atomic mass is 15.6. The van der Waals surface area contributed by atoms with E-state index < -0.39 is 0 Å². The van der Waals surface area contributed by atoms with E-state index in [0.29, 0.717) is 5.82 Å². The highest BCUT2D eigenvalue weighted by Gasteiger charge is 2.08. The monoisotopic (exact) mass is 189 g/mol. The number of nitrogens with one attached hydrogen (secondary N) is 1. The molecule has 0 unspecified atom stereocenters. The molecule has 0 fully saturated rings. The van der Waals surface area contributed by atoms with Crippen LogP contribution in [-0.4, -0.2) is 14.9 Å². The van der Waals surface area contributed by atoms with Crippen molar-refractivity contribution >= 4 is 0 Å². The lowest BCUT2D eigenvalue weighted by atomic mass is 10.2. The van der Waals surface area contributed by atoms with Crippen molar-refractivity contribution in [1.29, 1.82) is 0 Å². The summed E-state index contributed by atoms with van der Waals surface area (Å²) in [6, 6.07) is 9.75. The molecule has 2 aromatic rings. The standard InChI is InChI=1S/C9H11N5/c1-7-11-12-9(14(7)13-10)8-5-3-2-4-6-8/h2-6,13H,10H2,1H3. The summed E-state index contributed by atoms with van der Waals surface area (Å²) in [4.78, 5) is 0. The van der Waals surface area contributed by atoms with Crippen molar-refractivity contribution in [2.45, 2.75) is 6.92 Å². The molecule has 0 radical (unpaired) electrons. The third-order valence-electron chi connectivity index (χ3n) is 1.99. The fourth-order valence-corrected chi connectivity index (χ4v) is 1.29. The molecule has 5 heteroatoms. The SMILES string of the molecule is Cc1nnc(-c2ccccc2)n1NN. The summed E-state index contributed by atoms with van der Waals surface area (Å²) < 4.78 is 1.63. The molecule has 1 heterocycles. The van der Waals surface area contributed by atoms with Gasteiger partial charge < -0.3 is 0 Å². The minimum atomic E-state index is 0.714. The average Bonchev–Trinajstić information content (AvgIpc) is 2.61. The van der Waals surface area contributed by atoms with E-state index in [0.717, 1.165) is 11.4 Å². The maximum absolute atomic E-state index is 5.37. The van der Waals surface area contributed by atoms with Gasteiger partial charge in [0.1, 0.15) is 0 Å².